The molecule has 32 heavy (non-hydrogen) atoms. The standard InChI is InChI=1S/C26H34ClN3O2/c1-26(2,17-28)18-30(25(32)20-11-7-4-8-12-20)16-21-15-22(13-14-23(21)27)29-24(31)19-9-5-3-6-10-19/h3,5-6,9-10,13-15,20H,4,7-8,11-12,16-18,28H2,1-2H3,(H,29,31). The molecule has 6 heteroatoms. The molecule has 0 spiro atoms. The molecule has 2 aromatic rings. The Labute approximate surface area is 196 Å². The minimum absolute atomic E-state index is 0.0667. The predicted molar refractivity (Wildman–Crippen MR) is 131 cm³/mol. The van der Waals surface area contributed by atoms with Crippen molar-refractivity contribution in [2.75, 3.05) is 18.4 Å². The number of hydrogen-bond donors (Lipinski definition) is 2. The number of halogens is 1. The van der Waals surface area contributed by atoms with Gasteiger partial charge in [0.25, 0.3) is 5.91 Å². The number of benzene rings is 2. The average Bonchev–Trinajstić information content (AvgIpc) is 2.81. The molecule has 1 aliphatic rings. The molecule has 0 heterocycles. The number of nitrogens with one attached hydrogen (secondary N) is 1. The van der Waals surface area contributed by atoms with Crippen LogP contribution in [0.25, 0.3) is 0 Å². The van der Waals surface area contributed by atoms with Gasteiger partial charge in [-0.3, -0.25) is 9.59 Å². The van der Waals surface area contributed by atoms with Crippen molar-refractivity contribution in [1.29, 1.82) is 0 Å². The fraction of sp³-hybridized carbons (Fsp3) is 0.462. The van der Waals surface area contributed by atoms with Crippen molar-refractivity contribution in [2.24, 2.45) is 17.1 Å². The first-order valence-corrected chi connectivity index (χ1v) is 11.8. The Morgan fingerprint density at radius 2 is 1.78 bits per heavy atom. The van der Waals surface area contributed by atoms with Gasteiger partial charge in [-0.15, -0.1) is 0 Å². The molecule has 1 fully saturated rings. The third kappa shape index (κ3) is 6.57. The van der Waals surface area contributed by atoms with Crippen LogP contribution in [0.3, 0.4) is 0 Å². The Morgan fingerprint density at radius 3 is 2.44 bits per heavy atom. The highest BCUT2D eigenvalue weighted by atomic mass is 35.5. The second kappa shape index (κ2) is 11.0. The maximum atomic E-state index is 13.4. The molecule has 0 aromatic heterocycles. The summed E-state index contributed by atoms with van der Waals surface area (Å²) in [6.07, 6.45) is 5.30. The van der Waals surface area contributed by atoms with Crippen LogP contribution in [-0.2, 0) is 11.3 Å². The van der Waals surface area contributed by atoms with Crippen molar-refractivity contribution in [2.45, 2.75) is 52.5 Å². The molecule has 3 N–H and O–H groups in total. The molecule has 172 valence electrons. The summed E-state index contributed by atoms with van der Waals surface area (Å²) in [6.45, 7) is 5.60. The number of rotatable bonds is 8. The number of nitrogens with two attached hydrogens (primary N) is 1. The third-order valence-electron chi connectivity index (χ3n) is 6.14. The fourth-order valence-electron chi connectivity index (χ4n) is 4.17. The number of hydrogen-bond acceptors (Lipinski definition) is 3. The summed E-state index contributed by atoms with van der Waals surface area (Å²) < 4.78 is 0. The van der Waals surface area contributed by atoms with Gasteiger partial charge in [0.2, 0.25) is 5.91 Å². The Hall–Kier alpha value is -2.37. The number of carbonyl (C=O) groups excluding carboxylic acids is 2. The summed E-state index contributed by atoms with van der Waals surface area (Å²) in [5.74, 6) is 0.0661. The van der Waals surface area contributed by atoms with Crippen molar-refractivity contribution in [3.8, 4) is 0 Å². The van der Waals surface area contributed by atoms with E-state index in [2.05, 4.69) is 19.2 Å². The first-order valence-electron chi connectivity index (χ1n) is 11.4. The van der Waals surface area contributed by atoms with Crippen molar-refractivity contribution in [1.82, 2.24) is 4.90 Å². The fourth-order valence-corrected chi connectivity index (χ4v) is 4.35. The van der Waals surface area contributed by atoms with Gasteiger partial charge in [0, 0.05) is 35.3 Å². The molecule has 1 saturated carbocycles. The molecular formula is C26H34ClN3O2. The molecule has 2 amide bonds. The predicted octanol–water partition coefficient (Wildman–Crippen LogP) is 5.49. The first-order chi connectivity index (χ1) is 15.3. The zero-order valence-corrected chi connectivity index (χ0v) is 19.8. The minimum atomic E-state index is -0.198. The Bertz CT molecular complexity index is 924. The summed E-state index contributed by atoms with van der Waals surface area (Å²) in [5, 5.41) is 3.51. The van der Waals surface area contributed by atoms with Crippen LogP contribution in [-0.4, -0.2) is 29.8 Å². The topological polar surface area (TPSA) is 75.4 Å². The summed E-state index contributed by atoms with van der Waals surface area (Å²) >= 11 is 6.51. The van der Waals surface area contributed by atoms with E-state index in [1.165, 1.54) is 6.42 Å². The molecule has 3 rings (SSSR count). The van der Waals surface area contributed by atoms with Gasteiger partial charge in [-0.2, -0.15) is 0 Å². The third-order valence-corrected chi connectivity index (χ3v) is 6.51. The van der Waals surface area contributed by atoms with Crippen LogP contribution in [0.15, 0.2) is 48.5 Å². The summed E-state index contributed by atoms with van der Waals surface area (Å²) in [6, 6.07) is 14.5. The lowest BCUT2D eigenvalue weighted by Gasteiger charge is -2.35. The molecular weight excluding hydrogens is 422 g/mol. The van der Waals surface area contributed by atoms with Gasteiger partial charge in [-0.1, -0.05) is 62.9 Å². The molecule has 0 radical (unpaired) electrons. The molecule has 0 aliphatic heterocycles. The largest absolute Gasteiger partial charge is 0.337 e. The van der Waals surface area contributed by atoms with Crippen molar-refractivity contribution in [3.63, 3.8) is 0 Å². The second-order valence-electron chi connectivity index (χ2n) is 9.52. The zero-order chi connectivity index (χ0) is 23.1. The minimum Gasteiger partial charge on any atom is -0.337 e. The van der Waals surface area contributed by atoms with E-state index in [0.29, 0.717) is 35.9 Å². The molecule has 5 nitrogen and oxygen atoms in total. The van der Waals surface area contributed by atoms with Crippen LogP contribution < -0.4 is 11.1 Å². The van der Waals surface area contributed by atoms with E-state index in [1.807, 2.05) is 29.2 Å². The van der Waals surface area contributed by atoms with E-state index in [0.717, 1.165) is 31.2 Å². The van der Waals surface area contributed by atoms with E-state index >= 15 is 0 Å². The van der Waals surface area contributed by atoms with Crippen LogP contribution in [0.5, 0.6) is 0 Å². The number of anilines is 1. The van der Waals surface area contributed by atoms with Crippen molar-refractivity contribution < 1.29 is 9.59 Å². The highest BCUT2D eigenvalue weighted by Crippen LogP contribution is 2.29. The summed E-state index contributed by atoms with van der Waals surface area (Å²) in [4.78, 5) is 27.9. The van der Waals surface area contributed by atoms with E-state index in [9.17, 15) is 9.59 Å². The van der Waals surface area contributed by atoms with Crippen LogP contribution in [0.2, 0.25) is 5.02 Å². The Kier molecular flexibility index (Phi) is 8.32. The van der Waals surface area contributed by atoms with Gasteiger partial charge >= 0.3 is 0 Å². The lowest BCUT2D eigenvalue weighted by molar-refractivity contribution is -0.138. The SMILES string of the molecule is CC(C)(CN)CN(Cc1cc(NC(=O)c2ccccc2)ccc1Cl)C(=O)C1CCCCC1. The van der Waals surface area contributed by atoms with Gasteiger partial charge in [-0.25, -0.2) is 0 Å². The summed E-state index contributed by atoms with van der Waals surface area (Å²) in [7, 11) is 0. The van der Waals surface area contributed by atoms with E-state index in [4.69, 9.17) is 17.3 Å². The zero-order valence-electron chi connectivity index (χ0n) is 19.1. The Balaban J connectivity index is 1.80. The smallest absolute Gasteiger partial charge is 0.255 e. The van der Waals surface area contributed by atoms with Crippen molar-refractivity contribution >= 4 is 29.1 Å². The molecule has 0 bridgehead atoms. The number of carbonyl (C=O) groups is 2. The van der Waals surface area contributed by atoms with E-state index in [1.54, 1.807) is 24.3 Å². The van der Waals surface area contributed by atoms with Gasteiger partial charge in [0.15, 0.2) is 0 Å². The van der Waals surface area contributed by atoms with Gasteiger partial charge < -0.3 is 16.0 Å². The number of nitrogens with zero attached hydrogens (tertiary/aromatic N) is 1. The molecule has 0 atom stereocenters. The van der Waals surface area contributed by atoms with Crippen LogP contribution >= 0.6 is 11.6 Å². The van der Waals surface area contributed by atoms with Crippen LogP contribution in [0, 0.1) is 11.3 Å². The van der Waals surface area contributed by atoms with E-state index < -0.39 is 0 Å². The summed E-state index contributed by atoms with van der Waals surface area (Å²) in [5.41, 5.74) is 7.84. The van der Waals surface area contributed by atoms with Gasteiger partial charge in [0.05, 0.1) is 0 Å². The van der Waals surface area contributed by atoms with Crippen molar-refractivity contribution in [3.05, 3.63) is 64.7 Å². The quantitative estimate of drug-likeness (QED) is 0.552. The normalized spacial score (nSPS) is 14.8. The molecule has 0 unspecified atom stereocenters. The molecule has 1 aliphatic carbocycles. The van der Waals surface area contributed by atoms with Gasteiger partial charge in [-0.05, 0) is 60.7 Å². The second-order valence-corrected chi connectivity index (χ2v) is 9.93. The highest BCUT2D eigenvalue weighted by Gasteiger charge is 2.30. The van der Waals surface area contributed by atoms with Crippen LogP contribution in [0.4, 0.5) is 5.69 Å². The highest BCUT2D eigenvalue weighted by molar-refractivity contribution is 6.31. The maximum absolute atomic E-state index is 13.4. The first kappa shape index (κ1) is 24.3. The lowest BCUT2D eigenvalue weighted by atomic mass is 9.86. The van der Waals surface area contributed by atoms with Crippen LogP contribution in [0.1, 0.15) is 61.9 Å². The molecule has 2 aromatic carbocycles. The lowest BCUT2D eigenvalue weighted by Crippen LogP contribution is -2.44. The van der Waals surface area contributed by atoms with Gasteiger partial charge in [0.1, 0.15) is 0 Å². The molecule has 0 saturated heterocycles. The number of amides is 2. The average molecular weight is 456 g/mol. The maximum Gasteiger partial charge on any atom is 0.255 e. The van der Waals surface area contributed by atoms with E-state index in [-0.39, 0.29) is 23.1 Å². The Morgan fingerprint density at radius 1 is 1.09 bits per heavy atom. The monoisotopic (exact) mass is 455 g/mol.